The van der Waals surface area contributed by atoms with Crippen molar-refractivity contribution in [2.75, 3.05) is 0 Å². The number of aryl methyl sites for hydroxylation is 1. The maximum Gasteiger partial charge on any atom is 0.335 e. The van der Waals surface area contributed by atoms with Crippen LogP contribution in [0, 0.1) is 12.7 Å². The quantitative estimate of drug-likeness (QED) is 0.885. The molecule has 0 bridgehead atoms. The van der Waals surface area contributed by atoms with Crippen LogP contribution in [0.4, 0.5) is 4.39 Å². The monoisotopic (exact) mass is 264 g/mol. The Bertz CT molecular complexity index is 623. The van der Waals surface area contributed by atoms with Gasteiger partial charge in [0.25, 0.3) is 0 Å². The molecule has 2 aromatic rings. The maximum absolute atomic E-state index is 13.0. The lowest BCUT2D eigenvalue weighted by Crippen LogP contribution is -1.99. The molecule has 2 aromatic carbocycles. The molecule has 2 nitrogen and oxygen atoms in total. The molecule has 0 spiro atoms. The third-order valence-corrected chi connectivity index (χ3v) is 3.02. The number of carboxylic acid groups (broad SMARTS) is 1. The van der Waals surface area contributed by atoms with E-state index in [2.05, 4.69) is 0 Å². The highest BCUT2D eigenvalue weighted by Gasteiger charge is 2.11. The summed E-state index contributed by atoms with van der Waals surface area (Å²) < 4.78 is 13.0. The molecule has 0 aliphatic heterocycles. The first-order valence-corrected chi connectivity index (χ1v) is 5.66. The Morgan fingerprint density at radius 3 is 2.56 bits per heavy atom. The van der Waals surface area contributed by atoms with Crippen molar-refractivity contribution in [2.45, 2.75) is 6.92 Å². The van der Waals surface area contributed by atoms with Gasteiger partial charge in [-0.15, -0.1) is 0 Å². The molecule has 0 aliphatic rings. The molecule has 2 rings (SSSR count). The fourth-order valence-corrected chi connectivity index (χ4v) is 2.02. The highest BCUT2D eigenvalue weighted by molar-refractivity contribution is 6.33. The lowest BCUT2D eigenvalue weighted by molar-refractivity contribution is 0.0696. The van der Waals surface area contributed by atoms with Gasteiger partial charge < -0.3 is 5.11 Å². The minimum Gasteiger partial charge on any atom is -0.478 e. The number of rotatable bonds is 2. The van der Waals surface area contributed by atoms with Crippen molar-refractivity contribution < 1.29 is 14.3 Å². The number of carbonyl (C=O) groups is 1. The summed E-state index contributed by atoms with van der Waals surface area (Å²) in [5, 5.41) is 9.32. The van der Waals surface area contributed by atoms with E-state index < -0.39 is 11.8 Å². The van der Waals surface area contributed by atoms with Gasteiger partial charge in [-0.1, -0.05) is 23.7 Å². The first-order chi connectivity index (χ1) is 8.49. The van der Waals surface area contributed by atoms with Crippen LogP contribution in [-0.4, -0.2) is 11.1 Å². The number of halogens is 2. The van der Waals surface area contributed by atoms with Gasteiger partial charge in [-0.25, -0.2) is 9.18 Å². The van der Waals surface area contributed by atoms with Crippen LogP contribution in [0.1, 0.15) is 15.9 Å². The van der Waals surface area contributed by atoms with Gasteiger partial charge in [-0.2, -0.15) is 0 Å². The lowest BCUT2D eigenvalue weighted by atomic mass is 10.00. The zero-order valence-corrected chi connectivity index (χ0v) is 10.3. The van der Waals surface area contributed by atoms with Gasteiger partial charge in [0.15, 0.2) is 0 Å². The van der Waals surface area contributed by atoms with Crippen LogP contribution in [0.25, 0.3) is 11.1 Å². The molecule has 0 amide bonds. The van der Waals surface area contributed by atoms with Gasteiger partial charge in [-0.05, 0) is 42.3 Å². The van der Waals surface area contributed by atoms with Crippen LogP contribution in [0.5, 0.6) is 0 Å². The number of hydrogen-bond donors (Lipinski definition) is 1. The van der Waals surface area contributed by atoms with Gasteiger partial charge in [0.2, 0.25) is 0 Å². The fraction of sp³-hybridized carbons (Fsp3) is 0.0714. The minimum absolute atomic E-state index is 0.216. The van der Waals surface area contributed by atoms with Crippen molar-refractivity contribution in [3.05, 3.63) is 58.4 Å². The van der Waals surface area contributed by atoms with Gasteiger partial charge in [0.05, 0.1) is 10.6 Å². The standard InChI is InChI=1S/C14H10ClFO2/c1-8-2-3-9(6-12(8)14(17)18)11-5-4-10(16)7-13(11)15/h2-7H,1H3,(H,17,18). The van der Waals surface area contributed by atoms with Crippen molar-refractivity contribution >= 4 is 17.6 Å². The average molecular weight is 265 g/mol. The van der Waals surface area contributed by atoms with E-state index in [4.69, 9.17) is 16.7 Å². The zero-order chi connectivity index (χ0) is 13.3. The second-order valence-electron chi connectivity index (χ2n) is 3.96. The molecule has 0 atom stereocenters. The van der Waals surface area contributed by atoms with E-state index in [0.717, 1.165) is 0 Å². The Kier molecular flexibility index (Phi) is 3.34. The predicted octanol–water partition coefficient (Wildman–Crippen LogP) is 4.15. The van der Waals surface area contributed by atoms with Crippen molar-refractivity contribution in [3.8, 4) is 11.1 Å². The van der Waals surface area contributed by atoms with E-state index in [1.807, 2.05) is 0 Å². The minimum atomic E-state index is -0.993. The zero-order valence-electron chi connectivity index (χ0n) is 9.58. The Morgan fingerprint density at radius 2 is 1.94 bits per heavy atom. The van der Waals surface area contributed by atoms with E-state index in [0.29, 0.717) is 16.7 Å². The molecule has 0 aliphatic carbocycles. The Balaban J connectivity index is 2.58. The Hall–Kier alpha value is -1.87. The van der Waals surface area contributed by atoms with Gasteiger partial charge in [0, 0.05) is 5.56 Å². The van der Waals surface area contributed by atoms with E-state index >= 15 is 0 Å². The predicted molar refractivity (Wildman–Crippen MR) is 68.5 cm³/mol. The molecule has 18 heavy (non-hydrogen) atoms. The fourth-order valence-electron chi connectivity index (χ4n) is 1.74. The highest BCUT2D eigenvalue weighted by Crippen LogP contribution is 2.29. The van der Waals surface area contributed by atoms with Crippen LogP contribution >= 0.6 is 11.6 Å². The second kappa shape index (κ2) is 4.78. The van der Waals surface area contributed by atoms with Crippen molar-refractivity contribution in [1.82, 2.24) is 0 Å². The summed E-state index contributed by atoms with van der Waals surface area (Å²) in [4.78, 5) is 11.1. The lowest BCUT2D eigenvalue weighted by Gasteiger charge is -2.07. The molecule has 1 N–H and O–H groups in total. The highest BCUT2D eigenvalue weighted by atomic mass is 35.5. The molecule has 0 saturated carbocycles. The second-order valence-corrected chi connectivity index (χ2v) is 4.37. The number of aromatic carboxylic acids is 1. The van der Waals surface area contributed by atoms with Crippen LogP contribution in [0.15, 0.2) is 36.4 Å². The summed E-state index contributed by atoms with van der Waals surface area (Å²) in [5.41, 5.74) is 2.15. The van der Waals surface area contributed by atoms with Crippen LogP contribution in [0.2, 0.25) is 5.02 Å². The van der Waals surface area contributed by atoms with Crippen LogP contribution < -0.4 is 0 Å². The molecular formula is C14H10ClFO2. The molecule has 0 aromatic heterocycles. The van der Waals surface area contributed by atoms with Gasteiger partial charge in [0.1, 0.15) is 5.82 Å². The molecule has 0 saturated heterocycles. The number of hydrogen-bond acceptors (Lipinski definition) is 1. The molecule has 0 heterocycles. The molecule has 4 heteroatoms. The first-order valence-electron chi connectivity index (χ1n) is 5.28. The maximum atomic E-state index is 13.0. The van der Waals surface area contributed by atoms with Gasteiger partial charge >= 0.3 is 5.97 Å². The third-order valence-electron chi connectivity index (χ3n) is 2.71. The smallest absolute Gasteiger partial charge is 0.335 e. The SMILES string of the molecule is Cc1ccc(-c2ccc(F)cc2Cl)cc1C(=O)O. The van der Waals surface area contributed by atoms with Crippen LogP contribution in [0.3, 0.4) is 0 Å². The molecule has 0 unspecified atom stereocenters. The van der Waals surface area contributed by atoms with Crippen molar-refractivity contribution in [2.24, 2.45) is 0 Å². The molecule has 0 fully saturated rings. The third kappa shape index (κ3) is 2.36. The van der Waals surface area contributed by atoms with E-state index in [-0.39, 0.29) is 10.6 Å². The van der Waals surface area contributed by atoms with Crippen LogP contribution in [-0.2, 0) is 0 Å². The number of benzene rings is 2. The normalized spacial score (nSPS) is 10.4. The molecule has 92 valence electrons. The van der Waals surface area contributed by atoms with E-state index in [1.54, 1.807) is 19.1 Å². The summed E-state index contributed by atoms with van der Waals surface area (Å²) in [6, 6.07) is 9.04. The average Bonchev–Trinajstić information content (AvgIpc) is 2.30. The van der Waals surface area contributed by atoms with Gasteiger partial charge in [-0.3, -0.25) is 0 Å². The largest absolute Gasteiger partial charge is 0.478 e. The summed E-state index contributed by atoms with van der Waals surface area (Å²) in [7, 11) is 0. The topological polar surface area (TPSA) is 37.3 Å². The Morgan fingerprint density at radius 1 is 1.22 bits per heavy atom. The summed E-state index contributed by atoms with van der Waals surface area (Å²) in [6.45, 7) is 1.72. The van der Waals surface area contributed by atoms with Crippen molar-refractivity contribution in [3.63, 3.8) is 0 Å². The molecular weight excluding hydrogens is 255 g/mol. The summed E-state index contributed by atoms with van der Waals surface area (Å²) in [6.07, 6.45) is 0. The van der Waals surface area contributed by atoms with E-state index in [1.165, 1.54) is 24.3 Å². The van der Waals surface area contributed by atoms with Crippen molar-refractivity contribution in [1.29, 1.82) is 0 Å². The Labute approximate surface area is 109 Å². The summed E-state index contributed by atoms with van der Waals surface area (Å²) >= 11 is 5.95. The number of carboxylic acids is 1. The first kappa shape index (κ1) is 12.6. The van der Waals surface area contributed by atoms with E-state index in [9.17, 15) is 9.18 Å². The molecule has 0 radical (unpaired) electrons. The summed E-state index contributed by atoms with van der Waals surface area (Å²) in [5.74, 6) is -1.41.